The summed E-state index contributed by atoms with van der Waals surface area (Å²) in [6.45, 7) is 5.11. The number of aromatic hydroxyl groups is 1. The average molecular weight is 833 g/mol. The molecule has 0 aliphatic rings. The highest BCUT2D eigenvalue weighted by molar-refractivity contribution is 7.98. The van der Waals surface area contributed by atoms with Crippen molar-refractivity contribution >= 4 is 39.8 Å². The van der Waals surface area contributed by atoms with Crippen LogP contribution in [0.3, 0.4) is 0 Å². The summed E-state index contributed by atoms with van der Waals surface area (Å²) in [4.78, 5) is 25.8. The lowest BCUT2D eigenvalue weighted by molar-refractivity contribution is -0.385. The van der Waals surface area contributed by atoms with Crippen LogP contribution in [0.15, 0.2) is 96.2 Å². The molecule has 314 valence electrons. The van der Waals surface area contributed by atoms with Crippen LogP contribution in [0.25, 0.3) is 10.8 Å². The molecule has 1 aromatic heterocycles. The number of fused-ring (bicyclic) bond motifs is 1. The Hall–Kier alpha value is -6.15. The lowest BCUT2D eigenvalue weighted by Gasteiger charge is -2.16. The number of carbonyl (C=O) groups excluding carboxylic acids is 1. The first-order valence-electron chi connectivity index (χ1n) is 20.5. The van der Waals surface area contributed by atoms with E-state index in [1.807, 2.05) is 49.4 Å². The number of nitro benzene ring substituents is 1. The highest BCUT2D eigenvalue weighted by Gasteiger charge is 2.23. The summed E-state index contributed by atoms with van der Waals surface area (Å²) >= 11 is 1.34. The molecule has 0 spiro atoms. The van der Waals surface area contributed by atoms with E-state index < -0.39 is 10.8 Å². The molecular formula is C46H52N6O7S. The second-order valence-electron chi connectivity index (χ2n) is 14.7. The summed E-state index contributed by atoms with van der Waals surface area (Å²) in [5.74, 6) is 0.932. The number of aryl methyl sites for hydroxylation is 1. The van der Waals surface area contributed by atoms with Crippen LogP contribution in [0, 0.1) is 17.0 Å². The van der Waals surface area contributed by atoms with Crippen molar-refractivity contribution in [1.82, 2.24) is 20.2 Å². The van der Waals surface area contributed by atoms with E-state index in [2.05, 4.69) is 27.8 Å². The summed E-state index contributed by atoms with van der Waals surface area (Å²) in [6, 6.07) is 26.2. The standard InChI is InChI=1S/C46H52N6O7S/c1-4-5-6-7-8-9-10-11-12-15-26-58-41-24-18-32(2)27-39(41)47-45(54)38-29-43(36-16-13-14-17-37(36)44(38)53)59-42-25-21-34(28-40(42)52(55)56)31-60-46-48-49-50-51(46)30-33-19-22-35(57-3)23-20-33/h13-14,16-25,27-29,53H,4-12,15,26,30-31H2,1-3H3,(H,47,54). The Morgan fingerprint density at radius 2 is 1.52 bits per heavy atom. The van der Waals surface area contributed by atoms with Gasteiger partial charge in [0.2, 0.25) is 10.9 Å². The zero-order valence-corrected chi connectivity index (χ0v) is 35.2. The van der Waals surface area contributed by atoms with Gasteiger partial charge in [0.1, 0.15) is 23.0 Å². The number of nitrogens with one attached hydrogen (secondary N) is 1. The second-order valence-corrected chi connectivity index (χ2v) is 15.7. The third kappa shape index (κ3) is 11.7. The number of benzene rings is 5. The van der Waals surface area contributed by atoms with E-state index in [1.165, 1.54) is 81.3 Å². The zero-order chi connectivity index (χ0) is 42.3. The minimum absolute atomic E-state index is 0.0263. The van der Waals surface area contributed by atoms with Crippen LogP contribution < -0.4 is 19.5 Å². The van der Waals surface area contributed by atoms with Crippen LogP contribution in [0.2, 0.25) is 0 Å². The van der Waals surface area contributed by atoms with Gasteiger partial charge in [0, 0.05) is 22.6 Å². The normalized spacial score (nSPS) is 11.1. The number of nitrogens with zero attached hydrogens (tertiary/aromatic N) is 5. The van der Waals surface area contributed by atoms with Crippen LogP contribution in [0.4, 0.5) is 11.4 Å². The van der Waals surface area contributed by atoms with Gasteiger partial charge < -0.3 is 24.6 Å². The fourth-order valence-corrected chi connectivity index (χ4v) is 7.68. The van der Waals surface area contributed by atoms with Crippen molar-refractivity contribution in [3.63, 3.8) is 0 Å². The van der Waals surface area contributed by atoms with Gasteiger partial charge in [-0.05, 0) is 76.9 Å². The predicted octanol–water partition coefficient (Wildman–Crippen LogP) is 11.4. The monoisotopic (exact) mass is 832 g/mol. The van der Waals surface area contributed by atoms with Crippen molar-refractivity contribution in [2.24, 2.45) is 0 Å². The third-order valence-electron chi connectivity index (χ3n) is 10.2. The van der Waals surface area contributed by atoms with Gasteiger partial charge in [-0.1, -0.05) is 125 Å². The number of ether oxygens (including phenoxy) is 3. The molecule has 0 atom stereocenters. The topological polar surface area (TPSA) is 164 Å². The Labute approximate surface area is 354 Å². The molecule has 6 aromatic rings. The highest BCUT2D eigenvalue weighted by atomic mass is 32.2. The first-order chi connectivity index (χ1) is 29.2. The summed E-state index contributed by atoms with van der Waals surface area (Å²) in [5.41, 5.74) is 2.70. The number of phenols is 1. The Balaban J connectivity index is 1.13. The smallest absolute Gasteiger partial charge is 0.311 e. The van der Waals surface area contributed by atoms with Crippen molar-refractivity contribution in [3.8, 4) is 28.7 Å². The summed E-state index contributed by atoms with van der Waals surface area (Å²) in [7, 11) is 1.61. The van der Waals surface area contributed by atoms with Crippen LogP contribution in [0.1, 0.15) is 98.2 Å². The van der Waals surface area contributed by atoms with E-state index >= 15 is 0 Å². The number of thioether (sulfide) groups is 1. The number of anilines is 1. The van der Waals surface area contributed by atoms with Crippen molar-refractivity contribution < 1.29 is 29.0 Å². The molecular weight excluding hydrogens is 781 g/mol. The first kappa shape index (κ1) is 43.4. The van der Waals surface area contributed by atoms with Crippen molar-refractivity contribution in [2.75, 3.05) is 19.0 Å². The third-order valence-corrected chi connectivity index (χ3v) is 11.2. The lowest BCUT2D eigenvalue weighted by Crippen LogP contribution is -2.14. The maximum absolute atomic E-state index is 13.9. The van der Waals surface area contributed by atoms with Crippen LogP contribution in [-0.4, -0.2) is 49.9 Å². The minimum atomic E-state index is -0.589. The predicted molar refractivity (Wildman–Crippen MR) is 235 cm³/mol. The molecule has 5 aromatic carbocycles. The summed E-state index contributed by atoms with van der Waals surface area (Å²) in [5, 5.41) is 40.2. The summed E-state index contributed by atoms with van der Waals surface area (Å²) < 4.78 is 19.3. The molecule has 0 aliphatic carbocycles. The molecule has 0 saturated heterocycles. The zero-order valence-electron chi connectivity index (χ0n) is 34.4. The van der Waals surface area contributed by atoms with Gasteiger partial charge in [0.05, 0.1) is 36.4 Å². The number of carbonyl (C=O) groups is 1. The van der Waals surface area contributed by atoms with E-state index in [1.54, 1.807) is 42.1 Å². The van der Waals surface area contributed by atoms with Crippen molar-refractivity contribution in [3.05, 3.63) is 123 Å². The first-order valence-corrected chi connectivity index (χ1v) is 21.5. The van der Waals surface area contributed by atoms with E-state index in [4.69, 9.17) is 14.2 Å². The van der Waals surface area contributed by atoms with Gasteiger partial charge in [-0.3, -0.25) is 14.9 Å². The van der Waals surface area contributed by atoms with E-state index in [0.717, 1.165) is 29.7 Å². The molecule has 1 amide bonds. The molecule has 60 heavy (non-hydrogen) atoms. The summed E-state index contributed by atoms with van der Waals surface area (Å²) in [6.07, 6.45) is 12.2. The second kappa shape index (κ2) is 21.7. The molecule has 0 saturated carbocycles. The molecule has 0 aliphatic heterocycles. The quantitative estimate of drug-likeness (QED) is 0.0273. The number of hydrogen-bond acceptors (Lipinski definition) is 11. The van der Waals surface area contributed by atoms with E-state index in [-0.39, 0.29) is 28.5 Å². The van der Waals surface area contributed by atoms with Crippen LogP contribution in [0.5, 0.6) is 28.7 Å². The fraction of sp³-hybridized carbons (Fsp3) is 0.348. The lowest BCUT2D eigenvalue weighted by atomic mass is 10.0. The number of nitro groups is 1. The van der Waals surface area contributed by atoms with Gasteiger partial charge in [0.25, 0.3) is 5.91 Å². The Kier molecular flexibility index (Phi) is 15.7. The van der Waals surface area contributed by atoms with Crippen molar-refractivity contribution in [2.45, 2.75) is 95.5 Å². The van der Waals surface area contributed by atoms with E-state index in [0.29, 0.717) is 51.8 Å². The molecule has 0 bridgehead atoms. The number of rotatable bonds is 23. The van der Waals surface area contributed by atoms with Gasteiger partial charge in [-0.2, -0.15) is 0 Å². The minimum Gasteiger partial charge on any atom is -0.506 e. The molecule has 6 rings (SSSR count). The number of methoxy groups -OCH3 is 1. The van der Waals surface area contributed by atoms with Crippen LogP contribution in [-0.2, 0) is 12.3 Å². The number of unbranched alkanes of at least 4 members (excludes halogenated alkanes) is 9. The molecule has 0 radical (unpaired) electrons. The SMILES string of the molecule is CCCCCCCCCCCCOc1ccc(C)cc1NC(=O)c1cc(Oc2ccc(CSc3nnnn3Cc3ccc(OC)cc3)cc2[N+](=O)[O-])c2ccccc2c1O. The Bertz CT molecular complexity index is 2370. The highest BCUT2D eigenvalue weighted by Crippen LogP contribution is 2.41. The van der Waals surface area contributed by atoms with Gasteiger partial charge in [-0.15, -0.1) is 5.10 Å². The van der Waals surface area contributed by atoms with E-state index in [9.17, 15) is 20.0 Å². The largest absolute Gasteiger partial charge is 0.506 e. The number of hydrogen-bond donors (Lipinski definition) is 2. The number of tetrazole rings is 1. The molecule has 13 nitrogen and oxygen atoms in total. The number of amides is 1. The van der Waals surface area contributed by atoms with Crippen LogP contribution >= 0.6 is 11.8 Å². The van der Waals surface area contributed by atoms with Gasteiger partial charge in [0.15, 0.2) is 0 Å². The van der Waals surface area contributed by atoms with Gasteiger partial charge >= 0.3 is 5.69 Å². The fourth-order valence-electron chi connectivity index (χ4n) is 6.86. The maximum Gasteiger partial charge on any atom is 0.311 e. The Morgan fingerprint density at radius 1 is 0.833 bits per heavy atom. The average Bonchev–Trinajstić information content (AvgIpc) is 3.70. The Morgan fingerprint density at radius 3 is 2.23 bits per heavy atom. The molecule has 0 fully saturated rings. The van der Waals surface area contributed by atoms with Gasteiger partial charge in [-0.25, -0.2) is 4.68 Å². The number of phenolic OH excluding ortho intramolecular Hbond substituents is 1. The number of aromatic nitrogens is 4. The molecule has 0 unspecified atom stereocenters. The molecule has 14 heteroatoms. The van der Waals surface area contributed by atoms with Crippen molar-refractivity contribution in [1.29, 1.82) is 0 Å². The molecule has 2 N–H and O–H groups in total. The molecule has 1 heterocycles. The maximum atomic E-state index is 13.9.